The lowest BCUT2D eigenvalue weighted by Crippen LogP contribution is -2.29. The van der Waals surface area contributed by atoms with Gasteiger partial charge < -0.3 is 14.8 Å². The summed E-state index contributed by atoms with van der Waals surface area (Å²) in [6.07, 6.45) is 1.77. The van der Waals surface area contributed by atoms with Gasteiger partial charge in [-0.15, -0.1) is 0 Å². The Bertz CT molecular complexity index is 749. The van der Waals surface area contributed by atoms with Crippen LogP contribution in [-0.4, -0.2) is 19.3 Å². The van der Waals surface area contributed by atoms with Crippen molar-refractivity contribution in [2.24, 2.45) is 0 Å². The number of carbonyl (C=O) groups is 2. The molecule has 0 unspecified atom stereocenters. The van der Waals surface area contributed by atoms with Crippen LogP contribution >= 0.6 is 23.2 Å². The number of carbonyl (C=O) groups excluding carboxylic acids is 2. The molecule has 0 spiro atoms. The Balaban J connectivity index is 2.02. The summed E-state index contributed by atoms with van der Waals surface area (Å²) in [5, 5.41) is 3.69. The van der Waals surface area contributed by atoms with Gasteiger partial charge in [-0.1, -0.05) is 47.5 Å². The smallest absolute Gasteiger partial charge is 0.220 e. The maximum absolute atomic E-state index is 12.3. The highest BCUT2D eigenvalue weighted by atomic mass is 35.5. The van der Waals surface area contributed by atoms with Crippen molar-refractivity contribution in [3.05, 3.63) is 63.6 Å². The number of hydrogen-bond acceptors (Lipinski definition) is 3. The Morgan fingerprint density at radius 1 is 1.20 bits per heavy atom. The molecule has 0 bridgehead atoms. The van der Waals surface area contributed by atoms with Crippen molar-refractivity contribution in [3.63, 3.8) is 0 Å². The van der Waals surface area contributed by atoms with Crippen LogP contribution in [0.3, 0.4) is 0 Å². The Kier molecular flexibility index (Phi) is 7.29. The largest absolute Gasteiger partial charge is 0.496 e. The number of para-hydroxylation sites is 1. The Hall–Kier alpha value is -2.04. The minimum Gasteiger partial charge on any atom is -0.496 e. The average Bonchev–Trinajstić information content (AvgIpc) is 2.62. The molecule has 0 aliphatic carbocycles. The summed E-state index contributed by atoms with van der Waals surface area (Å²) >= 11 is 11.9. The molecule has 0 aliphatic heterocycles. The summed E-state index contributed by atoms with van der Waals surface area (Å²) in [5.74, 6) is 0.605. The first-order valence-electron chi connectivity index (χ1n) is 7.85. The van der Waals surface area contributed by atoms with Crippen LogP contribution in [-0.2, 0) is 16.0 Å². The molecular weight excluding hydrogens is 361 g/mol. The number of rotatable bonds is 8. The summed E-state index contributed by atoms with van der Waals surface area (Å²) in [6, 6.07) is 12.2. The molecular formula is C19H19Cl2NO3. The molecule has 6 heteroatoms. The Morgan fingerprint density at radius 2 is 1.96 bits per heavy atom. The second-order valence-corrected chi connectivity index (χ2v) is 6.32. The number of benzene rings is 2. The fourth-order valence-corrected chi connectivity index (χ4v) is 2.83. The average molecular weight is 380 g/mol. The fraction of sp³-hybridized carbons (Fsp3) is 0.263. The molecule has 1 amide bonds. The number of hydrogen-bond donors (Lipinski definition) is 1. The van der Waals surface area contributed by atoms with Crippen molar-refractivity contribution in [3.8, 4) is 5.75 Å². The second-order valence-electron chi connectivity index (χ2n) is 5.51. The van der Waals surface area contributed by atoms with Crippen LogP contribution in [0.1, 0.15) is 30.0 Å². The van der Waals surface area contributed by atoms with Crippen molar-refractivity contribution in [2.75, 3.05) is 7.11 Å². The van der Waals surface area contributed by atoms with E-state index in [9.17, 15) is 9.59 Å². The van der Waals surface area contributed by atoms with Gasteiger partial charge >= 0.3 is 0 Å². The Morgan fingerprint density at radius 3 is 2.64 bits per heavy atom. The highest BCUT2D eigenvalue weighted by Gasteiger charge is 2.16. The van der Waals surface area contributed by atoms with E-state index < -0.39 is 6.04 Å². The summed E-state index contributed by atoms with van der Waals surface area (Å²) in [4.78, 5) is 23.3. The monoisotopic (exact) mass is 379 g/mol. The SMILES string of the molecule is COc1ccccc1CCC(=O)N[C@@H](CC=O)c1ccc(Cl)c(Cl)c1. The van der Waals surface area contributed by atoms with Gasteiger partial charge in [0.15, 0.2) is 0 Å². The lowest BCUT2D eigenvalue weighted by atomic mass is 10.0. The second kappa shape index (κ2) is 9.44. The quantitative estimate of drug-likeness (QED) is 0.692. The summed E-state index contributed by atoms with van der Waals surface area (Å²) in [6.45, 7) is 0. The third-order valence-corrected chi connectivity index (χ3v) is 4.57. The van der Waals surface area contributed by atoms with E-state index in [2.05, 4.69) is 5.32 Å². The van der Waals surface area contributed by atoms with Gasteiger partial charge in [-0.05, 0) is 35.7 Å². The van der Waals surface area contributed by atoms with Crippen LogP contribution in [0.4, 0.5) is 0 Å². The Labute approximate surface area is 157 Å². The van der Waals surface area contributed by atoms with Crippen molar-refractivity contribution >= 4 is 35.4 Å². The minimum absolute atomic E-state index is 0.149. The van der Waals surface area contributed by atoms with Gasteiger partial charge in [0.2, 0.25) is 5.91 Å². The van der Waals surface area contributed by atoms with Crippen LogP contribution < -0.4 is 10.1 Å². The maximum atomic E-state index is 12.3. The minimum atomic E-state index is -0.433. The van der Waals surface area contributed by atoms with Crippen LogP contribution in [0.25, 0.3) is 0 Å². The number of amides is 1. The molecule has 0 aliphatic rings. The standard InChI is InChI=1S/C19H19Cl2NO3/c1-25-18-5-3-2-4-13(18)7-9-19(24)22-17(10-11-23)14-6-8-15(20)16(21)12-14/h2-6,8,11-12,17H,7,9-10H2,1H3,(H,22,24)/t17-/m0/s1. The van der Waals surface area contributed by atoms with Crippen molar-refractivity contribution in [2.45, 2.75) is 25.3 Å². The van der Waals surface area contributed by atoms with E-state index in [4.69, 9.17) is 27.9 Å². The number of ether oxygens (including phenoxy) is 1. The predicted octanol–water partition coefficient (Wildman–Crippen LogP) is 4.38. The molecule has 132 valence electrons. The normalized spacial score (nSPS) is 11.6. The fourth-order valence-electron chi connectivity index (χ4n) is 2.53. The van der Waals surface area contributed by atoms with E-state index in [0.717, 1.165) is 23.2 Å². The van der Waals surface area contributed by atoms with Gasteiger partial charge in [-0.25, -0.2) is 0 Å². The van der Waals surface area contributed by atoms with Gasteiger partial charge in [0.25, 0.3) is 0 Å². The van der Waals surface area contributed by atoms with Gasteiger partial charge in [-0.2, -0.15) is 0 Å². The summed E-state index contributed by atoms with van der Waals surface area (Å²) in [7, 11) is 1.60. The molecule has 0 fully saturated rings. The van der Waals surface area contributed by atoms with Crippen molar-refractivity contribution in [1.82, 2.24) is 5.32 Å². The van der Waals surface area contributed by atoms with E-state index in [1.807, 2.05) is 24.3 Å². The van der Waals surface area contributed by atoms with Gasteiger partial charge in [0.05, 0.1) is 23.2 Å². The first kappa shape index (κ1) is 19.3. The predicted molar refractivity (Wildman–Crippen MR) is 99.3 cm³/mol. The zero-order chi connectivity index (χ0) is 18.2. The molecule has 0 saturated carbocycles. The molecule has 0 aromatic heterocycles. The van der Waals surface area contributed by atoms with Gasteiger partial charge in [0, 0.05) is 12.8 Å². The van der Waals surface area contributed by atoms with E-state index in [0.29, 0.717) is 16.5 Å². The van der Waals surface area contributed by atoms with Gasteiger partial charge in [0.1, 0.15) is 12.0 Å². The summed E-state index contributed by atoms with van der Waals surface area (Å²) in [5.41, 5.74) is 1.70. The third-order valence-electron chi connectivity index (χ3n) is 3.83. The van der Waals surface area contributed by atoms with E-state index in [1.54, 1.807) is 25.3 Å². The third kappa shape index (κ3) is 5.48. The van der Waals surface area contributed by atoms with Crippen LogP contribution in [0, 0.1) is 0 Å². The molecule has 2 rings (SSSR count). The number of aldehydes is 1. The van der Waals surface area contributed by atoms with Crippen LogP contribution in [0.5, 0.6) is 5.75 Å². The number of methoxy groups -OCH3 is 1. The lowest BCUT2D eigenvalue weighted by Gasteiger charge is -2.18. The van der Waals surface area contributed by atoms with Crippen LogP contribution in [0.2, 0.25) is 10.0 Å². The highest BCUT2D eigenvalue weighted by Crippen LogP contribution is 2.27. The number of nitrogens with one attached hydrogen (secondary N) is 1. The summed E-state index contributed by atoms with van der Waals surface area (Å²) < 4.78 is 5.29. The van der Waals surface area contributed by atoms with Crippen LogP contribution in [0.15, 0.2) is 42.5 Å². The molecule has 2 aromatic rings. The molecule has 4 nitrogen and oxygen atoms in total. The molecule has 2 aromatic carbocycles. The molecule has 0 radical (unpaired) electrons. The zero-order valence-electron chi connectivity index (χ0n) is 13.8. The maximum Gasteiger partial charge on any atom is 0.220 e. The molecule has 1 atom stereocenters. The zero-order valence-corrected chi connectivity index (χ0v) is 15.3. The molecule has 1 N–H and O–H groups in total. The lowest BCUT2D eigenvalue weighted by molar-refractivity contribution is -0.122. The van der Waals surface area contributed by atoms with E-state index in [-0.39, 0.29) is 18.7 Å². The molecule has 0 heterocycles. The topological polar surface area (TPSA) is 55.4 Å². The first-order chi connectivity index (χ1) is 12.0. The van der Waals surface area contributed by atoms with E-state index >= 15 is 0 Å². The molecule has 25 heavy (non-hydrogen) atoms. The highest BCUT2D eigenvalue weighted by molar-refractivity contribution is 6.42. The number of halogens is 2. The van der Waals surface area contributed by atoms with Gasteiger partial charge in [-0.3, -0.25) is 4.79 Å². The molecule has 0 saturated heterocycles. The van der Waals surface area contributed by atoms with Crippen molar-refractivity contribution in [1.29, 1.82) is 0 Å². The van der Waals surface area contributed by atoms with Crippen molar-refractivity contribution < 1.29 is 14.3 Å². The van der Waals surface area contributed by atoms with E-state index in [1.165, 1.54) is 0 Å². The first-order valence-corrected chi connectivity index (χ1v) is 8.60. The number of aryl methyl sites for hydroxylation is 1.